The van der Waals surface area contributed by atoms with Gasteiger partial charge in [0.2, 0.25) is 10.0 Å². The summed E-state index contributed by atoms with van der Waals surface area (Å²) in [6.45, 7) is 1.52. The van der Waals surface area contributed by atoms with E-state index < -0.39 is 10.0 Å². The fraction of sp³-hybridized carbons (Fsp3) is 0.357. The normalized spacial score (nSPS) is 16.7. The first kappa shape index (κ1) is 17.0. The molecular weight excluding hydrogens is 377 g/mol. The molecule has 1 N–H and O–H groups in total. The Morgan fingerprint density at radius 2 is 1.87 bits per heavy atom. The Hall–Kier alpha value is -0.860. The number of rotatable bonds is 4. The van der Waals surface area contributed by atoms with Crippen molar-refractivity contribution in [1.29, 1.82) is 0 Å². The lowest BCUT2D eigenvalue weighted by atomic mass is 10.1. The SMILES string of the molecule is O=S(=O)(NC1CCN(c2nccs2)CC1)c1c(Cl)cccc1Cl. The molecule has 2 aromatic rings. The van der Waals surface area contributed by atoms with E-state index in [1.165, 1.54) is 12.1 Å². The van der Waals surface area contributed by atoms with Gasteiger partial charge in [-0.25, -0.2) is 18.1 Å². The molecule has 0 spiro atoms. The highest BCUT2D eigenvalue weighted by Gasteiger charge is 2.28. The van der Waals surface area contributed by atoms with Gasteiger partial charge in [-0.2, -0.15) is 0 Å². The van der Waals surface area contributed by atoms with Crippen LogP contribution in [0.15, 0.2) is 34.7 Å². The maximum atomic E-state index is 12.5. The number of hydrogen-bond acceptors (Lipinski definition) is 5. The Morgan fingerprint density at radius 3 is 2.43 bits per heavy atom. The van der Waals surface area contributed by atoms with Crippen LogP contribution >= 0.6 is 34.5 Å². The van der Waals surface area contributed by atoms with Crippen LogP contribution in [0, 0.1) is 0 Å². The van der Waals surface area contributed by atoms with Gasteiger partial charge < -0.3 is 4.90 Å². The Labute approximate surface area is 149 Å². The van der Waals surface area contributed by atoms with Gasteiger partial charge in [-0.05, 0) is 25.0 Å². The van der Waals surface area contributed by atoms with Gasteiger partial charge in [-0.1, -0.05) is 29.3 Å². The number of hydrogen-bond donors (Lipinski definition) is 1. The van der Waals surface area contributed by atoms with Crippen LogP contribution < -0.4 is 9.62 Å². The summed E-state index contributed by atoms with van der Waals surface area (Å²) < 4.78 is 27.8. The molecular formula is C14H15Cl2N3O2S2. The third-order valence-corrected chi connectivity index (χ3v) is 7.00. The summed E-state index contributed by atoms with van der Waals surface area (Å²) in [5, 5.41) is 3.17. The van der Waals surface area contributed by atoms with Crippen molar-refractivity contribution in [2.45, 2.75) is 23.8 Å². The lowest BCUT2D eigenvalue weighted by Gasteiger charge is -2.32. The van der Waals surface area contributed by atoms with E-state index in [2.05, 4.69) is 14.6 Å². The van der Waals surface area contributed by atoms with Crippen molar-refractivity contribution >= 4 is 49.7 Å². The first-order valence-corrected chi connectivity index (χ1v) is 10.2. The number of piperidine rings is 1. The second kappa shape index (κ2) is 6.94. The topological polar surface area (TPSA) is 62.3 Å². The molecule has 1 aliphatic rings. The van der Waals surface area contributed by atoms with E-state index in [0.717, 1.165) is 18.2 Å². The maximum Gasteiger partial charge on any atom is 0.243 e. The molecule has 1 saturated heterocycles. The minimum absolute atomic E-state index is 0.0503. The van der Waals surface area contributed by atoms with Gasteiger partial charge >= 0.3 is 0 Å². The molecule has 124 valence electrons. The second-order valence-corrected chi connectivity index (χ2v) is 8.59. The minimum atomic E-state index is -3.74. The monoisotopic (exact) mass is 391 g/mol. The van der Waals surface area contributed by atoms with Crippen LogP contribution in [0.2, 0.25) is 10.0 Å². The molecule has 0 amide bonds. The average Bonchev–Trinajstić information content (AvgIpc) is 3.01. The Kier molecular flexibility index (Phi) is 5.13. The fourth-order valence-electron chi connectivity index (χ4n) is 2.58. The molecule has 0 aliphatic carbocycles. The van der Waals surface area contributed by atoms with Gasteiger partial charge in [0.1, 0.15) is 4.90 Å². The molecule has 1 aromatic carbocycles. The van der Waals surface area contributed by atoms with E-state index in [4.69, 9.17) is 23.2 Å². The highest BCUT2D eigenvalue weighted by atomic mass is 35.5. The molecule has 0 saturated carbocycles. The smallest absolute Gasteiger partial charge is 0.243 e. The van der Waals surface area contributed by atoms with E-state index in [-0.39, 0.29) is 21.0 Å². The van der Waals surface area contributed by atoms with Crippen molar-refractivity contribution in [3.05, 3.63) is 39.8 Å². The molecule has 1 aromatic heterocycles. The van der Waals surface area contributed by atoms with E-state index in [9.17, 15) is 8.42 Å². The Bertz CT molecular complexity index is 753. The number of nitrogens with one attached hydrogen (secondary N) is 1. The van der Waals surface area contributed by atoms with Crippen LogP contribution in [0.5, 0.6) is 0 Å². The first-order valence-electron chi connectivity index (χ1n) is 7.08. The lowest BCUT2D eigenvalue weighted by Crippen LogP contribution is -2.44. The highest BCUT2D eigenvalue weighted by Crippen LogP contribution is 2.30. The number of halogens is 2. The molecule has 2 heterocycles. The van der Waals surface area contributed by atoms with Crippen LogP contribution in [0.25, 0.3) is 0 Å². The molecule has 23 heavy (non-hydrogen) atoms. The zero-order chi connectivity index (χ0) is 16.4. The number of benzene rings is 1. The maximum absolute atomic E-state index is 12.5. The summed E-state index contributed by atoms with van der Waals surface area (Å²) in [4.78, 5) is 6.40. The largest absolute Gasteiger partial charge is 0.348 e. The van der Waals surface area contributed by atoms with Crippen molar-refractivity contribution in [3.63, 3.8) is 0 Å². The summed E-state index contributed by atoms with van der Waals surface area (Å²) in [6.07, 6.45) is 3.19. The molecule has 0 atom stereocenters. The summed E-state index contributed by atoms with van der Waals surface area (Å²) in [5.41, 5.74) is 0. The van der Waals surface area contributed by atoms with Gasteiger partial charge in [0, 0.05) is 30.7 Å². The van der Waals surface area contributed by atoms with Gasteiger partial charge in [0.15, 0.2) is 5.13 Å². The molecule has 3 rings (SSSR count). The molecule has 9 heteroatoms. The molecule has 0 unspecified atom stereocenters. The third-order valence-electron chi connectivity index (χ3n) is 3.69. The molecule has 0 radical (unpaired) electrons. The van der Waals surface area contributed by atoms with Gasteiger partial charge in [0.25, 0.3) is 0 Å². The molecule has 1 fully saturated rings. The number of thiazole rings is 1. The van der Waals surface area contributed by atoms with E-state index >= 15 is 0 Å². The fourth-order valence-corrected chi connectivity index (χ4v) is 5.72. The number of nitrogens with zero attached hydrogens (tertiary/aromatic N) is 2. The quantitative estimate of drug-likeness (QED) is 0.867. The van der Waals surface area contributed by atoms with E-state index in [0.29, 0.717) is 12.8 Å². The van der Waals surface area contributed by atoms with Gasteiger partial charge in [-0.15, -0.1) is 11.3 Å². The van der Waals surface area contributed by atoms with Crippen molar-refractivity contribution in [3.8, 4) is 0 Å². The van der Waals surface area contributed by atoms with Crippen molar-refractivity contribution < 1.29 is 8.42 Å². The third kappa shape index (κ3) is 3.80. The van der Waals surface area contributed by atoms with Crippen molar-refractivity contribution in [1.82, 2.24) is 9.71 Å². The first-order chi connectivity index (χ1) is 11.0. The van der Waals surface area contributed by atoms with Crippen LogP contribution in [0.3, 0.4) is 0 Å². The summed E-state index contributed by atoms with van der Waals surface area (Å²) >= 11 is 13.6. The summed E-state index contributed by atoms with van der Waals surface area (Å²) in [7, 11) is -3.74. The van der Waals surface area contributed by atoms with Crippen molar-refractivity contribution in [2.75, 3.05) is 18.0 Å². The van der Waals surface area contributed by atoms with Gasteiger partial charge in [0.05, 0.1) is 10.0 Å². The van der Waals surface area contributed by atoms with Crippen LogP contribution in [-0.4, -0.2) is 32.5 Å². The zero-order valence-corrected chi connectivity index (χ0v) is 15.2. The average molecular weight is 392 g/mol. The Balaban J connectivity index is 1.68. The van der Waals surface area contributed by atoms with E-state index in [1.807, 2.05) is 5.38 Å². The summed E-state index contributed by atoms with van der Waals surface area (Å²) in [5.74, 6) is 0. The van der Waals surface area contributed by atoms with Crippen molar-refractivity contribution in [2.24, 2.45) is 0 Å². The second-order valence-electron chi connectivity index (χ2n) is 5.25. The summed E-state index contributed by atoms with van der Waals surface area (Å²) in [6, 6.07) is 4.53. The van der Waals surface area contributed by atoms with Gasteiger partial charge in [-0.3, -0.25) is 0 Å². The number of sulfonamides is 1. The standard InChI is InChI=1S/C14H15Cl2N3O2S2/c15-11-2-1-3-12(16)13(11)23(20,21)18-10-4-7-19(8-5-10)14-17-6-9-22-14/h1-3,6,9-10,18H,4-5,7-8H2. The zero-order valence-electron chi connectivity index (χ0n) is 12.1. The minimum Gasteiger partial charge on any atom is -0.348 e. The lowest BCUT2D eigenvalue weighted by molar-refractivity contribution is 0.460. The van der Waals surface area contributed by atoms with Crippen LogP contribution in [0.4, 0.5) is 5.13 Å². The molecule has 5 nitrogen and oxygen atoms in total. The molecule has 1 aliphatic heterocycles. The molecule has 0 bridgehead atoms. The highest BCUT2D eigenvalue weighted by molar-refractivity contribution is 7.89. The predicted octanol–water partition coefficient (Wildman–Crippen LogP) is 3.40. The number of aromatic nitrogens is 1. The Morgan fingerprint density at radius 1 is 1.22 bits per heavy atom. The van der Waals surface area contributed by atoms with Crippen LogP contribution in [-0.2, 0) is 10.0 Å². The van der Waals surface area contributed by atoms with E-state index in [1.54, 1.807) is 23.6 Å². The van der Waals surface area contributed by atoms with Crippen LogP contribution in [0.1, 0.15) is 12.8 Å². The predicted molar refractivity (Wildman–Crippen MR) is 94.1 cm³/mol. The number of anilines is 1.